The van der Waals surface area contributed by atoms with Gasteiger partial charge >= 0.3 is 0 Å². The van der Waals surface area contributed by atoms with Crippen molar-refractivity contribution in [1.82, 2.24) is 10.2 Å². The molecule has 3 heteroatoms. The van der Waals surface area contributed by atoms with Gasteiger partial charge in [0.15, 0.2) is 0 Å². The van der Waals surface area contributed by atoms with Crippen LogP contribution in [-0.2, 0) is 4.79 Å². The highest BCUT2D eigenvalue weighted by atomic mass is 16.2. The summed E-state index contributed by atoms with van der Waals surface area (Å²) in [5.41, 5.74) is 0. The summed E-state index contributed by atoms with van der Waals surface area (Å²) in [6.07, 6.45) is 12.1. The van der Waals surface area contributed by atoms with Crippen LogP contribution in [0.5, 0.6) is 0 Å². The minimum absolute atomic E-state index is 0.380. The molecule has 2 rings (SSSR count). The number of hydrogen-bond acceptors (Lipinski definition) is 2. The number of hydrogen-bond donors (Lipinski definition) is 1. The molecule has 0 aromatic heterocycles. The molecule has 1 N–H and O–H groups in total. The van der Waals surface area contributed by atoms with Crippen molar-refractivity contribution in [3.63, 3.8) is 0 Å². The smallest absolute Gasteiger partial charge is 0.222 e. The second-order valence-electron chi connectivity index (χ2n) is 6.38. The maximum absolute atomic E-state index is 12.3. The highest BCUT2D eigenvalue weighted by Crippen LogP contribution is 2.23. The molecule has 1 amide bonds. The van der Waals surface area contributed by atoms with Crippen molar-refractivity contribution in [2.75, 3.05) is 20.1 Å². The molecular weight excluding hydrogens is 236 g/mol. The van der Waals surface area contributed by atoms with Crippen LogP contribution in [0.1, 0.15) is 64.2 Å². The number of amides is 1. The van der Waals surface area contributed by atoms with Crippen molar-refractivity contribution < 1.29 is 4.79 Å². The van der Waals surface area contributed by atoms with Crippen LogP contribution in [-0.4, -0.2) is 37.0 Å². The molecule has 0 aromatic carbocycles. The Kier molecular flexibility index (Phi) is 6.15. The summed E-state index contributed by atoms with van der Waals surface area (Å²) in [7, 11) is 2.03. The highest BCUT2D eigenvalue weighted by molar-refractivity contribution is 5.76. The first-order chi connectivity index (χ1) is 9.27. The van der Waals surface area contributed by atoms with Crippen molar-refractivity contribution in [2.24, 2.45) is 5.92 Å². The Morgan fingerprint density at radius 2 is 1.68 bits per heavy atom. The van der Waals surface area contributed by atoms with Crippen molar-refractivity contribution in [3.05, 3.63) is 0 Å². The van der Waals surface area contributed by atoms with E-state index in [4.69, 9.17) is 0 Å². The molecule has 110 valence electrons. The highest BCUT2D eigenvalue weighted by Gasteiger charge is 2.22. The molecule has 0 unspecified atom stereocenters. The van der Waals surface area contributed by atoms with E-state index >= 15 is 0 Å². The van der Waals surface area contributed by atoms with Crippen molar-refractivity contribution in [3.8, 4) is 0 Å². The van der Waals surface area contributed by atoms with Gasteiger partial charge in [-0.3, -0.25) is 4.79 Å². The number of nitrogens with zero attached hydrogens (tertiary/aromatic N) is 1. The third-order valence-corrected chi connectivity index (χ3v) is 4.99. The number of nitrogens with one attached hydrogen (secondary N) is 1. The molecule has 2 aliphatic rings. The zero-order valence-corrected chi connectivity index (χ0v) is 12.5. The lowest BCUT2D eigenvalue weighted by molar-refractivity contribution is -0.132. The first-order valence-electron chi connectivity index (χ1n) is 8.24. The molecule has 0 spiro atoms. The molecule has 0 bridgehead atoms. The van der Waals surface area contributed by atoms with E-state index in [0.717, 1.165) is 31.8 Å². The third-order valence-electron chi connectivity index (χ3n) is 4.99. The molecule has 1 aliphatic carbocycles. The first-order valence-corrected chi connectivity index (χ1v) is 8.24. The molecule has 1 aliphatic heterocycles. The fourth-order valence-corrected chi connectivity index (χ4v) is 3.52. The van der Waals surface area contributed by atoms with Crippen molar-refractivity contribution in [2.45, 2.75) is 70.3 Å². The predicted octanol–water partition coefficient (Wildman–Crippen LogP) is 2.95. The van der Waals surface area contributed by atoms with E-state index < -0.39 is 0 Å². The summed E-state index contributed by atoms with van der Waals surface area (Å²) in [5.74, 6) is 1.15. The Bertz CT molecular complexity index is 266. The molecule has 0 atom stereocenters. The monoisotopic (exact) mass is 266 g/mol. The van der Waals surface area contributed by atoms with E-state index in [1.807, 2.05) is 7.05 Å². The molecule has 1 saturated heterocycles. The Morgan fingerprint density at radius 1 is 1.05 bits per heavy atom. The van der Waals surface area contributed by atoms with Gasteiger partial charge in [0.05, 0.1) is 0 Å². The van der Waals surface area contributed by atoms with E-state index in [9.17, 15) is 4.79 Å². The minimum Gasteiger partial charge on any atom is -0.343 e. The van der Waals surface area contributed by atoms with E-state index in [1.165, 1.54) is 51.4 Å². The van der Waals surface area contributed by atoms with Crippen LogP contribution in [0.15, 0.2) is 0 Å². The topological polar surface area (TPSA) is 32.3 Å². The van der Waals surface area contributed by atoms with Crippen LogP contribution in [0.3, 0.4) is 0 Å². The first kappa shape index (κ1) is 14.8. The number of rotatable bonds is 4. The van der Waals surface area contributed by atoms with Gasteiger partial charge in [0.1, 0.15) is 0 Å². The van der Waals surface area contributed by atoms with Crippen LogP contribution in [0.2, 0.25) is 0 Å². The normalized spacial score (nSPS) is 23.0. The summed E-state index contributed by atoms with van der Waals surface area (Å²) >= 11 is 0. The number of carbonyl (C=O) groups excluding carboxylic acids is 1. The summed E-state index contributed by atoms with van der Waals surface area (Å²) in [5, 5.41) is 3.39. The largest absolute Gasteiger partial charge is 0.343 e. The average Bonchev–Trinajstić information content (AvgIpc) is 2.74. The van der Waals surface area contributed by atoms with Gasteiger partial charge in [0.25, 0.3) is 0 Å². The molecule has 1 saturated carbocycles. The minimum atomic E-state index is 0.380. The second-order valence-corrected chi connectivity index (χ2v) is 6.38. The Morgan fingerprint density at radius 3 is 2.32 bits per heavy atom. The fourth-order valence-electron chi connectivity index (χ4n) is 3.52. The van der Waals surface area contributed by atoms with Crippen LogP contribution >= 0.6 is 0 Å². The molecule has 3 nitrogen and oxygen atoms in total. The third kappa shape index (κ3) is 4.79. The average molecular weight is 266 g/mol. The van der Waals surface area contributed by atoms with Gasteiger partial charge < -0.3 is 10.2 Å². The number of piperidine rings is 1. The molecule has 0 aromatic rings. The lowest BCUT2D eigenvalue weighted by atomic mass is 9.93. The molecule has 19 heavy (non-hydrogen) atoms. The van der Waals surface area contributed by atoms with Crippen molar-refractivity contribution in [1.29, 1.82) is 0 Å². The van der Waals surface area contributed by atoms with Gasteiger partial charge in [0.2, 0.25) is 5.91 Å². The van der Waals surface area contributed by atoms with Crippen LogP contribution in [0.4, 0.5) is 0 Å². The molecule has 0 radical (unpaired) electrons. The lowest BCUT2D eigenvalue weighted by Crippen LogP contribution is -2.37. The summed E-state index contributed by atoms with van der Waals surface area (Å²) < 4.78 is 0. The maximum atomic E-state index is 12.3. The van der Waals surface area contributed by atoms with Crippen molar-refractivity contribution >= 4 is 5.91 Å². The van der Waals surface area contributed by atoms with Crippen LogP contribution in [0.25, 0.3) is 0 Å². The summed E-state index contributed by atoms with van der Waals surface area (Å²) in [4.78, 5) is 14.4. The van der Waals surface area contributed by atoms with Gasteiger partial charge in [-0.25, -0.2) is 0 Å². The lowest BCUT2D eigenvalue weighted by Gasteiger charge is -2.28. The van der Waals surface area contributed by atoms with E-state index in [2.05, 4.69) is 10.2 Å². The van der Waals surface area contributed by atoms with Gasteiger partial charge in [-0.2, -0.15) is 0 Å². The van der Waals surface area contributed by atoms with E-state index in [-0.39, 0.29) is 0 Å². The van der Waals surface area contributed by atoms with Gasteiger partial charge in [-0.05, 0) is 51.1 Å². The van der Waals surface area contributed by atoms with Crippen LogP contribution < -0.4 is 5.32 Å². The molecule has 2 fully saturated rings. The SMILES string of the molecule is CN(C(=O)CCC1CCNCC1)C1CCCCCC1. The summed E-state index contributed by atoms with van der Waals surface area (Å²) in [6, 6.07) is 0.517. The predicted molar refractivity (Wildman–Crippen MR) is 79.1 cm³/mol. The standard InChI is InChI=1S/C16H30N2O/c1-18(15-6-4-2-3-5-7-15)16(19)9-8-14-10-12-17-13-11-14/h14-15,17H,2-13H2,1H3. The Hall–Kier alpha value is -0.570. The quantitative estimate of drug-likeness (QED) is 0.794. The fraction of sp³-hybridized carbons (Fsp3) is 0.938. The second kappa shape index (κ2) is 7.88. The summed E-state index contributed by atoms with van der Waals surface area (Å²) in [6.45, 7) is 2.27. The van der Waals surface area contributed by atoms with Gasteiger partial charge in [-0.1, -0.05) is 25.7 Å². The Labute approximate surface area is 118 Å². The van der Waals surface area contributed by atoms with Gasteiger partial charge in [-0.15, -0.1) is 0 Å². The molecular formula is C16H30N2O. The zero-order valence-electron chi connectivity index (χ0n) is 12.5. The zero-order chi connectivity index (χ0) is 13.5. The van der Waals surface area contributed by atoms with Gasteiger partial charge in [0, 0.05) is 19.5 Å². The van der Waals surface area contributed by atoms with Crippen LogP contribution in [0, 0.1) is 5.92 Å². The van der Waals surface area contributed by atoms with E-state index in [0.29, 0.717) is 11.9 Å². The van der Waals surface area contributed by atoms with E-state index in [1.54, 1.807) is 0 Å². The Balaban J connectivity index is 1.71. The maximum Gasteiger partial charge on any atom is 0.222 e. The number of carbonyl (C=O) groups is 1. The molecule has 1 heterocycles.